The minimum atomic E-state index is -0.744. The first-order valence-corrected chi connectivity index (χ1v) is 6.54. The van der Waals surface area contributed by atoms with Crippen molar-refractivity contribution in [3.63, 3.8) is 0 Å². The third kappa shape index (κ3) is 2.44. The zero-order valence-corrected chi connectivity index (χ0v) is 11.9. The Balaban J connectivity index is 2.45. The van der Waals surface area contributed by atoms with E-state index in [4.69, 9.17) is 9.15 Å². The molecule has 4 heteroatoms. The van der Waals surface area contributed by atoms with Crippen LogP contribution >= 0.6 is 15.9 Å². The van der Waals surface area contributed by atoms with E-state index in [1.807, 2.05) is 25.1 Å². The predicted octanol–water partition coefficient (Wildman–Crippen LogP) is 3.69. The molecular weight excluding hydrogens is 296 g/mol. The van der Waals surface area contributed by atoms with Gasteiger partial charge in [0.25, 0.3) is 0 Å². The second-order valence-electron chi connectivity index (χ2n) is 3.94. The summed E-state index contributed by atoms with van der Waals surface area (Å²) in [7, 11) is 1.59. The quantitative estimate of drug-likeness (QED) is 0.936. The van der Waals surface area contributed by atoms with Crippen molar-refractivity contribution >= 4 is 15.9 Å². The molecule has 3 nitrogen and oxygen atoms in total. The van der Waals surface area contributed by atoms with Gasteiger partial charge in [0.15, 0.2) is 0 Å². The lowest BCUT2D eigenvalue weighted by Gasteiger charge is -2.15. The molecule has 18 heavy (non-hydrogen) atoms. The topological polar surface area (TPSA) is 42.6 Å². The number of aliphatic hydroxyl groups is 1. The second kappa shape index (κ2) is 5.59. The average molecular weight is 311 g/mol. The lowest BCUT2D eigenvalue weighted by Crippen LogP contribution is -2.03. The fourth-order valence-electron chi connectivity index (χ4n) is 1.97. The Kier molecular flexibility index (Phi) is 4.09. The van der Waals surface area contributed by atoms with Gasteiger partial charge >= 0.3 is 0 Å². The number of halogens is 1. The van der Waals surface area contributed by atoms with Gasteiger partial charge in [-0.15, -0.1) is 0 Å². The van der Waals surface area contributed by atoms with Crippen molar-refractivity contribution in [2.45, 2.75) is 19.4 Å². The molecule has 2 rings (SSSR count). The summed E-state index contributed by atoms with van der Waals surface area (Å²) in [6, 6.07) is 7.36. The molecule has 1 heterocycles. The molecule has 1 aromatic carbocycles. The van der Waals surface area contributed by atoms with E-state index in [1.165, 1.54) is 0 Å². The molecule has 0 aliphatic carbocycles. The first-order valence-electron chi connectivity index (χ1n) is 5.75. The first-order chi connectivity index (χ1) is 8.67. The molecule has 1 N–H and O–H groups in total. The predicted molar refractivity (Wildman–Crippen MR) is 72.8 cm³/mol. The van der Waals surface area contributed by atoms with E-state index in [2.05, 4.69) is 15.9 Å². The summed E-state index contributed by atoms with van der Waals surface area (Å²) in [5.74, 6) is 1.46. The Morgan fingerprint density at radius 2 is 2.11 bits per heavy atom. The van der Waals surface area contributed by atoms with Crippen molar-refractivity contribution in [2.75, 3.05) is 7.11 Å². The maximum atomic E-state index is 10.5. The summed E-state index contributed by atoms with van der Waals surface area (Å²) in [6.07, 6.45) is 1.60. The Bertz CT molecular complexity index is 534. The number of hydrogen-bond donors (Lipinski definition) is 1. The zero-order valence-electron chi connectivity index (χ0n) is 10.3. The Labute approximate surface area is 115 Å². The molecule has 2 aromatic rings. The van der Waals surface area contributed by atoms with Crippen LogP contribution in [0.25, 0.3) is 0 Å². The van der Waals surface area contributed by atoms with E-state index >= 15 is 0 Å². The zero-order chi connectivity index (χ0) is 13.1. The van der Waals surface area contributed by atoms with Gasteiger partial charge in [0.2, 0.25) is 0 Å². The molecule has 1 aromatic heterocycles. The standard InChI is InChI=1S/C14H15BrO3/c1-3-12-10(6-7-18-12)14(16)11-8-9(15)4-5-13(11)17-2/h4-8,14,16H,3H2,1-2H3. The highest BCUT2D eigenvalue weighted by Gasteiger charge is 2.20. The van der Waals surface area contributed by atoms with Gasteiger partial charge < -0.3 is 14.3 Å². The maximum absolute atomic E-state index is 10.5. The molecule has 0 radical (unpaired) electrons. The Hall–Kier alpha value is -1.26. The average Bonchev–Trinajstić information content (AvgIpc) is 2.86. The summed E-state index contributed by atoms with van der Waals surface area (Å²) >= 11 is 3.40. The number of rotatable bonds is 4. The second-order valence-corrected chi connectivity index (χ2v) is 4.86. The van der Waals surface area contributed by atoms with E-state index in [1.54, 1.807) is 19.4 Å². The van der Waals surface area contributed by atoms with Gasteiger partial charge in [-0.2, -0.15) is 0 Å². The van der Waals surface area contributed by atoms with E-state index in [0.29, 0.717) is 5.75 Å². The van der Waals surface area contributed by atoms with Crippen molar-refractivity contribution in [1.82, 2.24) is 0 Å². The van der Waals surface area contributed by atoms with Gasteiger partial charge in [-0.05, 0) is 24.3 Å². The first kappa shape index (κ1) is 13.2. The summed E-state index contributed by atoms with van der Waals surface area (Å²) < 4.78 is 11.5. The Morgan fingerprint density at radius 1 is 1.33 bits per heavy atom. The molecule has 0 saturated heterocycles. The number of benzene rings is 1. The molecular formula is C14H15BrO3. The molecule has 0 fully saturated rings. The third-order valence-corrected chi connectivity index (χ3v) is 3.38. The molecule has 0 spiro atoms. The van der Waals surface area contributed by atoms with Crippen LogP contribution in [0.1, 0.15) is 29.9 Å². The van der Waals surface area contributed by atoms with Crippen LogP contribution in [0.5, 0.6) is 5.75 Å². The number of furan rings is 1. The van der Waals surface area contributed by atoms with Gasteiger partial charge in [-0.3, -0.25) is 0 Å². The molecule has 0 aliphatic rings. The lowest BCUT2D eigenvalue weighted by molar-refractivity contribution is 0.212. The van der Waals surface area contributed by atoms with Crippen LogP contribution in [-0.2, 0) is 6.42 Å². The van der Waals surface area contributed by atoms with Gasteiger partial charge in [-0.1, -0.05) is 22.9 Å². The highest BCUT2D eigenvalue weighted by Crippen LogP contribution is 2.34. The van der Waals surface area contributed by atoms with Crippen LogP contribution in [0.15, 0.2) is 39.4 Å². The van der Waals surface area contributed by atoms with Gasteiger partial charge in [0, 0.05) is 22.0 Å². The van der Waals surface area contributed by atoms with Crippen LogP contribution < -0.4 is 4.74 Å². The number of methoxy groups -OCH3 is 1. The highest BCUT2D eigenvalue weighted by atomic mass is 79.9. The molecule has 0 saturated carbocycles. The van der Waals surface area contributed by atoms with E-state index in [-0.39, 0.29) is 0 Å². The summed E-state index contributed by atoms with van der Waals surface area (Å²) in [5.41, 5.74) is 1.51. The normalized spacial score (nSPS) is 12.4. The SMILES string of the molecule is CCc1occc1C(O)c1cc(Br)ccc1OC. The molecule has 96 valence electrons. The molecule has 0 aliphatic heterocycles. The van der Waals surface area contributed by atoms with E-state index in [0.717, 1.165) is 27.8 Å². The van der Waals surface area contributed by atoms with Crippen LogP contribution in [-0.4, -0.2) is 12.2 Å². The van der Waals surface area contributed by atoms with E-state index < -0.39 is 6.10 Å². The van der Waals surface area contributed by atoms with Gasteiger partial charge in [0.05, 0.1) is 13.4 Å². The number of aliphatic hydroxyl groups excluding tert-OH is 1. The number of hydrogen-bond acceptors (Lipinski definition) is 3. The summed E-state index contributed by atoms with van der Waals surface area (Å²) in [4.78, 5) is 0. The van der Waals surface area contributed by atoms with Crippen LogP contribution in [0.2, 0.25) is 0 Å². The smallest absolute Gasteiger partial charge is 0.125 e. The number of ether oxygens (including phenoxy) is 1. The minimum absolute atomic E-state index is 0.661. The molecule has 1 unspecified atom stereocenters. The third-order valence-electron chi connectivity index (χ3n) is 2.88. The van der Waals surface area contributed by atoms with Gasteiger partial charge in [-0.25, -0.2) is 0 Å². The van der Waals surface area contributed by atoms with Crippen molar-refractivity contribution in [1.29, 1.82) is 0 Å². The van der Waals surface area contributed by atoms with Crippen LogP contribution in [0, 0.1) is 0 Å². The van der Waals surface area contributed by atoms with Gasteiger partial charge in [0.1, 0.15) is 17.6 Å². The van der Waals surface area contributed by atoms with Crippen molar-refractivity contribution in [2.24, 2.45) is 0 Å². The minimum Gasteiger partial charge on any atom is -0.496 e. The molecule has 1 atom stereocenters. The molecule has 0 amide bonds. The fraction of sp³-hybridized carbons (Fsp3) is 0.286. The summed E-state index contributed by atoms with van der Waals surface area (Å²) in [6.45, 7) is 1.99. The van der Waals surface area contributed by atoms with Crippen LogP contribution in [0.3, 0.4) is 0 Å². The molecule has 0 bridgehead atoms. The fourth-order valence-corrected chi connectivity index (χ4v) is 2.35. The van der Waals surface area contributed by atoms with Crippen molar-refractivity contribution in [3.05, 3.63) is 51.9 Å². The maximum Gasteiger partial charge on any atom is 0.125 e. The highest BCUT2D eigenvalue weighted by molar-refractivity contribution is 9.10. The van der Waals surface area contributed by atoms with E-state index in [9.17, 15) is 5.11 Å². The largest absolute Gasteiger partial charge is 0.496 e. The summed E-state index contributed by atoms with van der Waals surface area (Å²) in [5, 5.41) is 10.5. The monoisotopic (exact) mass is 310 g/mol. The lowest BCUT2D eigenvalue weighted by atomic mass is 10.0. The Morgan fingerprint density at radius 3 is 2.78 bits per heavy atom. The van der Waals surface area contributed by atoms with Crippen LogP contribution in [0.4, 0.5) is 0 Å². The number of aryl methyl sites for hydroxylation is 1. The van der Waals surface area contributed by atoms with Crippen molar-refractivity contribution in [3.8, 4) is 5.75 Å². The van der Waals surface area contributed by atoms with Crippen molar-refractivity contribution < 1.29 is 14.3 Å².